The van der Waals surface area contributed by atoms with Gasteiger partial charge in [0.05, 0.1) is 13.3 Å². The number of aromatic nitrogens is 3. The van der Waals surface area contributed by atoms with Gasteiger partial charge in [-0.25, -0.2) is 4.98 Å². The molecule has 130 valence electrons. The number of hydrogen-bond donors (Lipinski definition) is 2. The number of fused-ring (bicyclic) bond motifs is 3. The Kier molecular flexibility index (Phi) is 3.96. The summed E-state index contributed by atoms with van der Waals surface area (Å²) < 4.78 is 7.15. The Labute approximate surface area is 155 Å². The molecule has 8 heteroatoms. The van der Waals surface area contributed by atoms with Gasteiger partial charge in [0.2, 0.25) is 0 Å². The van der Waals surface area contributed by atoms with Crippen molar-refractivity contribution in [1.82, 2.24) is 14.6 Å². The van der Waals surface area contributed by atoms with Crippen molar-refractivity contribution in [3.05, 3.63) is 63.1 Å². The molecule has 26 heavy (non-hydrogen) atoms. The van der Waals surface area contributed by atoms with Crippen LogP contribution in [0.3, 0.4) is 0 Å². The molecule has 0 saturated heterocycles. The predicted molar refractivity (Wildman–Crippen MR) is 103 cm³/mol. The number of H-pyrrole nitrogens is 1. The van der Waals surface area contributed by atoms with Crippen LogP contribution in [0.2, 0.25) is 0 Å². The van der Waals surface area contributed by atoms with E-state index < -0.39 is 0 Å². The van der Waals surface area contributed by atoms with E-state index in [1.54, 1.807) is 12.1 Å². The number of methoxy groups -OCH3 is 1. The second-order valence-corrected chi connectivity index (χ2v) is 6.52. The maximum absolute atomic E-state index is 12.7. The van der Waals surface area contributed by atoms with Crippen molar-refractivity contribution in [3.8, 4) is 11.5 Å². The van der Waals surface area contributed by atoms with Crippen LogP contribution in [0.15, 0.2) is 57.1 Å². The zero-order valence-electron chi connectivity index (χ0n) is 13.6. The molecule has 0 bridgehead atoms. The maximum Gasteiger partial charge on any atom is 0.298 e. The van der Waals surface area contributed by atoms with E-state index in [-0.39, 0.29) is 11.3 Å². The van der Waals surface area contributed by atoms with Gasteiger partial charge in [0.1, 0.15) is 28.9 Å². The van der Waals surface area contributed by atoms with Crippen molar-refractivity contribution >= 4 is 44.1 Å². The van der Waals surface area contributed by atoms with Gasteiger partial charge in [-0.15, -0.1) is 0 Å². The lowest BCUT2D eigenvalue weighted by molar-refractivity contribution is 0.412. The summed E-state index contributed by atoms with van der Waals surface area (Å²) in [5.41, 5.74) is 1.87. The van der Waals surface area contributed by atoms with Gasteiger partial charge < -0.3 is 14.8 Å². The smallest absolute Gasteiger partial charge is 0.298 e. The second-order valence-electron chi connectivity index (χ2n) is 5.60. The van der Waals surface area contributed by atoms with Crippen LogP contribution in [0.4, 0.5) is 0 Å². The lowest BCUT2D eigenvalue weighted by Crippen LogP contribution is -2.17. The summed E-state index contributed by atoms with van der Waals surface area (Å²) in [6.45, 7) is 0. The van der Waals surface area contributed by atoms with Crippen molar-refractivity contribution < 1.29 is 9.84 Å². The fraction of sp³-hybridized carbons (Fsp3) is 0.0556. The van der Waals surface area contributed by atoms with Crippen molar-refractivity contribution in [2.24, 2.45) is 5.10 Å². The molecule has 4 aromatic rings. The zero-order chi connectivity index (χ0) is 18.3. The number of nitrogens with zero attached hydrogens (tertiary/aromatic N) is 3. The van der Waals surface area contributed by atoms with Crippen LogP contribution in [-0.4, -0.2) is 33.1 Å². The van der Waals surface area contributed by atoms with Crippen LogP contribution in [-0.2, 0) is 0 Å². The molecule has 0 atom stereocenters. The highest BCUT2D eigenvalue weighted by Gasteiger charge is 2.11. The molecule has 0 aliphatic rings. The molecule has 0 saturated carbocycles. The molecule has 0 amide bonds. The predicted octanol–water partition coefficient (Wildman–Crippen LogP) is 3.24. The van der Waals surface area contributed by atoms with Crippen molar-refractivity contribution in [1.29, 1.82) is 0 Å². The summed E-state index contributed by atoms with van der Waals surface area (Å²) in [7, 11) is 1.53. The highest BCUT2D eigenvalue weighted by atomic mass is 79.9. The van der Waals surface area contributed by atoms with E-state index in [0.717, 1.165) is 20.1 Å². The van der Waals surface area contributed by atoms with Gasteiger partial charge in [0.25, 0.3) is 5.56 Å². The molecule has 0 radical (unpaired) electrons. The lowest BCUT2D eigenvalue weighted by Gasteiger charge is -2.03. The standard InChI is InChI=1S/C18H13BrN4O3/c1-26-12-3-5-15(24)10(6-12)8-21-23-9-20-16-13-7-11(19)2-4-14(13)22-17(16)18(23)25/h2-9,22,24H,1H3/b21-8+. The molecule has 2 aromatic carbocycles. The topological polar surface area (TPSA) is 92.5 Å². The Morgan fingerprint density at radius 1 is 1.31 bits per heavy atom. The number of hydrogen-bond acceptors (Lipinski definition) is 5. The third kappa shape index (κ3) is 2.74. The minimum atomic E-state index is -0.332. The molecular formula is C18H13BrN4O3. The van der Waals surface area contributed by atoms with Crippen molar-refractivity contribution in [2.75, 3.05) is 7.11 Å². The van der Waals surface area contributed by atoms with E-state index >= 15 is 0 Å². The first-order valence-corrected chi connectivity index (χ1v) is 8.46. The molecule has 2 N–H and O–H groups in total. The molecular weight excluding hydrogens is 400 g/mol. The number of rotatable bonds is 3. The molecule has 0 aliphatic heterocycles. The van der Waals surface area contributed by atoms with E-state index in [2.05, 4.69) is 31.0 Å². The van der Waals surface area contributed by atoms with Gasteiger partial charge >= 0.3 is 0 Å². The third-order valence-electron chi connectivity index (χ3n) is 4.01. The number of aromatic amines is 1. The first-order valence-electron chi connectivity index (χ1n) is 7.67. The average Bonchev–Trinajstić information content (AvgIpc) is 3.01. The minimum Gasteiger partial charge on any atom is -0.507 e. The molecule has 0 fully saturated rings. The number of ether oxygens (including phenoxy) is 1. The summed E-state index contributed by atoms with van der Waals surface area (Å²) in [6, 6.07) is 10.4. The quantitative estimate of drug-likeness (QED) is 0.505. The normalized spacial score (nSPS) is 11.6. The van der Waals surface area contributed by atoms with Gasteiger partial charge in [-0.3, -0.25) is 4.79 Å². The Bertz CT molecular complexity index is 1230. The summed E-state index contributed by atoms with van der Waals surface area (Å²) in [5.74, 6) is 0.610. The molecule has 2 aromatic heterocycles. The van der Waals surface area contributed by atoms with Crippen LogP contribution in [0.5, 0.6) is 11.5 Å². The maximum atomic E-state index is 12.7. The van der Waals surface area contributed by atoms with Crippen LogP contribution >= 0.6 is 15.9 Å². The van der Waals surface area contributed by atoms with E-state index in [0.29, 0.717) is 22.3 Å². The van der Waals surface area contributed by atoms with Gasteiger partial charge in [0.15, 0.2) is 0 Å². The van der Waals surface area contributed by atoms with Crippen molar-refractivity contribution in [2.45, 2.75) is 0 Å². The number of halogens is 1. The highest BCUT2D eigenvalue weighted by Crippen LogP contribution is 2.25. The SMILES string of the molecule is COc1ccc(O)c(/C=N/n2cnc3c([nH]c4ccc(Br)cc43)c2=O)c1. The molecule has 7 nitrogen and oxygen atoms in total. The first kappa shape index (κ1) is 16.3. The molecule has 4 rings (SSSR count). The third-order valence-corrected chi connectivity index (χ3v) is 4.50. The molecule has 0 unspecified atom stereocenters. The Balaban J connectivity index is 1.82. The second kappa shape index (κ2) is 6.30. The summed E-state index contributed by atoms with van der Waals surface area (Å²) in [6.07, 6.45) is 2.73. The monoisotopic (exact) mass is 412 g/mol. The summed E-state index contributed by atoms with van der Waals surface area (Å²) in [4.78, 5) is 20.1. The van der Waals surface area contributed by atoms with E-state index in [9.17, 15) is 9.90 Å². The minimum absolute atomic E-state index is 0.0344. The Morgan fingerprint density at radius 2 is 2.15 bits per heavy atom. The number of phenols is 1. The molecule has 0 spiro atoms. The van der Waals surface area contributed by atoms with Gasteiger partial charge in [-0.1, -0.05) is 15.9 Å². The molecule has 0 aliphatic carbocycles. The zero-order valence-corrected chi connectivity index (χ0v) is 15.2. The number of phenolic OH excluding ortho intramolecular Hbond substituents is 1. The van der Waals surface area contributed by atoms with Crippen LogP contribution in [0, 0.1) is 0 Å². The van der Waals surface area contributed by atoms with Gasteiger partial charge in [-0.2, -0.15) is 9.78 Å². The van der Waals surface area contributed by atoms with Crippen LogP contribution < -0.4 is 10.3 Å². The van der Waals surface area contributed by atoms with Crippen molar-refractivity contribution in [3.63, 3.8) is 0 Å². The van der Waals surface area contributed by atoms with Crippen LogP contribution in [0.25, 0.3) is 21.9 Å². The number of benzene rings is 2. The summed E-state index contributed by atoms with van der Waals surface area (Å²) in [5, 5.41) is 14.9. The lowest BCUT2D eigenvalue weighted by atomic mass is 10.2. The fourth-order valence-electron chi connectivity index (χ4n) is 2.69. The average molecular weight is 413 g/mol. The van der Waals surface area contributed by atoms with Crippen LogP contribution in [0.1, 0.15) is 5.56 Å². The molecule has 2 heterocycles. The van der Waals surface area contributed by atoms with Gasteiger partial charge in [0, 0.05) is 20.9 Å². The Morgan fingerprint density at radius 3 is 2.96 bits per heavy atom. The van der Waals surface area contributed by atoms with E-state index in [4.69, 9.17) is 4.74 Å². The number of aromatic hydroxyl groups is 1. The number of nitrogens with one attached hydrogen (secondary N) is 1. The van der Waals surface area contributed by atoms with E-state index in [1.807, 2.05) is 18.2 Å². The Hall–Kier alpha value is -3.13. The largest absolute Gasteiger partial charge is 0.507 e. The van der Waals surface area contributed by atoms with E-state index in [1.165, 1.54) is 25.7 Å². The first-order chi connectivity index (χ1) is 12.6. The highest BCUT2D eigenvalue weighted by molar-refractivity contribution is 9.10. The summed E-state index contributed by atoms with van der Waals surface area (Å²) >= 11 is 3.42. The fourth-order valence-corrected chi connectivity index (χ4v) is 3.05. The van der Waals surface area contributed by atoms with Gasteiger partial charge in [-0.05, 0) is 36.4 Å².